The molecule has 0 saturated heterocycles. The Morgan fingerprint density at radius 2 is 1.44 bits per heavy atom. The van der Waals surface area contributed by atoms with E-state index in [1.807, 2.05) is 0 Å². The van der Waals surface area contributed by atoms with Gasteiger partial charge < -0.3 is 30.0 Å². The lowest BCUT2D eigenvalue weighted by Gasteiger charge is -2.32. The molecule has 0 spiro atoms. The van der Waals surface area contributed by atoms with Crippen molar-refractivity contribution in [3.05, 3.63) is 72.4 Å². The molecule has 0 aliphatic heterocycles. The minimum atomic E-state index is -1.50. The van der Waals surface area contributed by atoms with E-state index >= 15 is 0 Å². The molecule has 12 nitrogen and oxygen atoms in total. The van der Waals surface area contributed by atoms with Gasteiger partial charge in [0.1, 0.15) is 23.5 Å². The zero-order valence-corrected chi connectivity index (χ0v) is 34.4. The van der Waals surface area contributed by atoms with Gasteiger partial charge in [0.15, 0.2) is 6.10 Å². The first-order chi connectivity index (χ1) is 26.1. The summed E-state index contributed by atoms with van der Waals surface area (Å²) in [5.74, 6) is -2.56. The number of thiol groups is 1. The van der Waals surface area contributed by atoms with Gasteiger partial charge in [0, 0.05) is 42.8 Å². The molecule has 13 heteroatoms. The smallest absolute Gasteiger partial charge is 0.412 e. The fourth-order valence-corrected chi connectivity index (χ4v) is 4.92. The zero-order valence-electron chi connectivity index (χ0n) is 33.5. The van der Waals surface area contributed by atoms with Gasteiger partial charge >= 0.3 is 18.0 Å². The quantitative estimate of drug-likeness (QED) is 0.0164. The predicted molar refractivity (Wildman–Crippen MR) is 220 cm³/mol. The first kappa shape index (κ1) is 48.5. The van der Waals surface area contributed by atoms with Crippen LogP contribution >= 0.6 is 12.6 Å². The van der Waals surface area contributed by atoms with Gasteiger partial charge in [0.05, 0.1) is 0 Å². The molecule has 1 rings (SSSR count). The van der Waals surface area contributed by atoms with Crippen LogP contribution in [-0.2, 0) is 28.6 Å². The Bertz CT molecular complexity index is 1480. The highest BCUT2D eigenvalue weighted by Gasteiger charge is 2.40. The lowest BCUT2D eigenvalue weighted by atomic mass is 9.86. The Balaban J connectivity index is 2.78. The van der Waals surface area contributed by atoms with Crippen LogP contribution in [0.15, 0.2) is 66.8 Å². The van der Waals surface area contributed by atoms with Crippen LogP contribution in [0, 0.1) is 5.41 Å². The van der Waals surface area contributed by atoms with Crippen LogP contribution in [0.4, 0.5) is 10.5 Å². The highest BCUT2D eigenvalue weighted by molar-refractivity contribution is 7.80. The number of ether oxygens (including phenoxy) is 3. The lowest BCUT2D eigenvalue weighted by Crippen LogP contribution is -2.49. The topological polar surface area (TPSA) is 169 Å². The van der Waals surface area contributed by atoms with E-state index in [0.29, 0.717) is 25.1 Å². The Labute approximate surface area is 333 Å². The number of rotatable bonds is 25. The number of hydrogen-bond acceptors (Lipinski definition) is 10. The third-order valence-corrected chi connectivity index (χ3v) is 7.89. The molecule has 3 amide bonds. The first-order valence-electron chi connectivity index (χ1n) is 19.0. The molecule has 0 fully saturated rings. The maximum Gasteiger partial charge on any atom is 0.412 e. The average Bonchev–Trinajstić information content (AvgIpc) is 3.11. The Morgan fingerprint density at radius 1 is 0.818 bits per heavy atom. The molecule has 1 unspecified atom stereocenters. The third kappa shape index (κ3) is 23.1. The van der Waals surface area contributed by atoms with E-state index in [1.54, 1.807) is 34.6 Å². The summed E-state index contributed by atoms with van der Waals surface area (Å²) >= 11 is 4.06. The van der Waals surface area contributed by atoms with E-state index in [2.05, 4.69) is 84.1 Å². The van der Waals surface area contributed by atoms with E-state index in [0.717, 1.165) is 38.5 Å². The van der Waals surface area contributed by atoms with Gasteiger partial charge in [-0.15, -0.1) is 0 Å². The number of carbonyl (C=O) groups excluding carboxylic acids is 5. The summed E-state index contributed by atoms with van der Waals surface area (Å²) in [6, 6.07) is 3.75. The van der Waals surface area contributed by atoms with Crippen molar-refractivity contribution in [3.63, 3.8) is 0 Å². The van der Waals surface area contributed by atoms with Crippen LogP contribution in [0.3, 0.4) is 0 Å². The number of esters is 2. The van der Waals surface area contributed by atoms with Crippen LogP contribution in [-0.4, -0.2) is 72.1 Å². The van der Waals surface area contributed by atoms with Crippen molar-refractivity contribution in [3.8, 4) is 5.75 Å². The molecule has 0 radical (unpaired) electrons. The Morgan fingerprint density at radius 3 is 2.07 bits per heavy atom. The van der Waals surface area contributed by atoms with Crippen molar-refractivity contribution in [2.24, 2.45) is 5.41 Å². The SMILES string of the molecule is CCC=CCC=CCC=CCCCC=CCCCC(=O)OCC(C)(C)C(OC(=O)c1cc(NC(=O)OC(C)(C)C)ccc1O)C(=O)NCCC(=O)NCCS. The second-order valence-electron chi connectivity index (χ2n) is 14.5. The fourth-order valence-electron chi connectivity index (χ4n) is 4.81. The molecule has 0 saturated carbocycles. The summed E-state index contributed by atoms with van der Waals surface area (Å²) in [5.41, 5.74) is -2.20. The van der Waals surface area contributed by atoms with Crippen LogP contribution in [0.25, 0.3) is 0 Å². The maximum atomic E-state index is 13.4. The number of allylic oxidation sites excluding steroid dienone is 8. The number of phenolic OH excluding ortho intramolecular Hbond substituents is 1. The summed E-state index contributed by atoms with van der Waals surface area (Å²) in [6.07, 6.45) is 22.4. The average molecular weight is 786 g/mol. The molecule has 55 heavy (non-hydrogen) atoms. The maximum absolute atomic E-state index is 13.4. The van der Waals surface area contributed by atoms with E-state index in [1.165, 1.54) is 18.2 Å². The minimum Gasteiger partial charge on any atom is -0.507 e. The predicted octanol–water partition coefficient (Wildman–Crippen LogP) is 8.14. The normalized spacial score (nSPS) is 12.6. The molecule has 0 heterocycles. The molecular formula is C42H63N3O9S. The van der Waals surface area contributed by atoms with Crippen LogP contribution < -0.4 is 16.0 Å². The summed E-state index contributed by atoms with van der Waals surface area (Å²) in [7, 11) is 0. The van der Waals surface area contributed by atoms with Crippen molar-refractivity contribution in [1.29, 1.82) is 0 Å². The molecule has 4 N–H and O–H groups in total. The minimum absolute atomic E-state index is 0.0320. The number of benzene rings is 1. The van der Waals surface area contributed by atoms with Crippen LogP contribution in [0.5, 0.6) is 5.75 Å². The van der Waals surface area contributed by atoms with Gasteiger partial charge in [-0.3, -0.25) is 19.7 Å². The largest absolute Gasteiger partial charge is 0.507 e. The number of phenols is 1. The zero-order chi connectivity index (χ0) is 41.1. The van der Waals surface area contributed by atoms with Crippen molar-refractivity contribution >= 4 is 48.2 Å². The van der Waals surface area contributed by atoms with Crippen molar-refractivity contribution in [2.45, 2.75) is 117 Å². The van der Waals surface area contributed by atoms with E-state index < -0.39 is 46.8 Å². The van der Waals surface area contributed by atoms with Gasteiger partial charge in [0.25, 0.3) is 5.91 Å². The van der Waals surface area contributed by atoms with Gasteiger partial charge in [0.2, 0.25) is 5.91 Å². The summed E-state index contributed by atoms with van der Waals surface area (Å²) in [5, 5.41) is 18.2. The molecule has 1 aromatic carbocycles. The number of aromatic hydroxyl groups is 1. The van der Waals surface area contributed by atoms with Crippen LogP contribution in [0.2, 0.25) is 0 Å². The highest BCUT2D eigenvalue weighted by Crippen LogP contribution is 2.29. The number of unbranched alkanes of at least 4 members (excludes halogenated alkanes) is 3. The first-order valence-corrected chi connectivity index (χ1v) is 19.7. The van der Waals surface area contributed by atoms with Gasteiger partial charge in [-0.25, -0.2) is 9.59 Å². The molecule has 306 valence electrons. The molecule has 0 bridgehead atoms. The standard InChI is InChI=1S/C42H63N3O9S/c1-7-8-9-10-11-12-13-14-15-16-17-18-19-20-21-22-23-36(48)52-31-42(5,6)37(38(49)44-27-26-35(47)43-28-29-55)53-39(50)33-30-32(24-25-34(33)46)45-40(51)54-41(2,3)4/h8-9,11-12,14-15,19-20,24-25,30,37,46,55H,7,10,13,16-18,21-23,26-29,31H2,1-6H3,(H,43,47)(H,44,49)(H,45,51). The molecular weight excluding hydrogens is 723 g/mol. The molecule has 0 aromatic heterocycles. The van der Waals surface area contributed by atoms with E-state index in [-0.39, 0.29) is 43.2 Å². The van der Waals surface area contributed by atoms with Gasteiger partial charge in [-0.05, 0) is 90.3 Å². The summed E-state index contributed by atoms with van der Waals surface area (Å²) < 4.78 is 16.4. The molecule has 0 aliphatic carbocycles. The van der Waals surface area contributed by atoms with E-state index in [9.17, 15) is 29.1 Å². The Kier molecular flexibility index (Phi) is 23.9. The third-order valence-electron chi connectivity index (χ3n) is 7.66. The molecule has 0 aliphatic rings. The lowest BCUT2D eigenvalue weighted by molar-refractivity contribution is -0.153. The van der Waals surface area contributed by atoms with E-state index in [4.69, 9.17) is 14.2 Å². The Hall–Kier alpha value is -4.52. The van der Waals surface area contributed by atoms with Crippen molar-refractivity contribution in [2.75, 3.05) is 30.8 Å². The molecule has 1 aromatic rings. The van der Waals surface area contributed by atoms with Crippen LogP contribution in [0.1, 0.15) is 116 Å². The second-order valence-corrected chi connectivity index (χ2v) is 14.9. The van der Waals surface area contributed by atoms with Crippen molar-refractivity contribution in [1.82, 2.24) is 10.6 Å². The molecule has 1 atom stereocenters. The summed E-state index contributed by atoms with van der Waals surface area (Å²) in [4.78, 5) is 63.9. The monoisotopic (exact) mass is 785 g/mol. The second kappa shape index (κ2) is 27.1. The number of nitrogens with one attached hydrogen (secondary N) is 3. The van der Waals surface area contributed by atoms with Gasteiger partial charge in [-0.2, -0.15) is 12.6 Å². The number of amides is 3. The number of anilines is 1. The number of carbonyl (C=O) groups is 5. The fraction of sp³-hybridized carbons (Fsp3) is 0.548. The van der Waals surface area contributed by atoms with Gasteiger partial charge in [-0.1, -0.05) is 69.4 Å². The van der Waals surface area contributed by atoms with Crippen molar-refractivity contribution < 1.29 is 43.3 Å². The number of hydrogen-bond donors (Lipinski definition) is 5. The summed E-state index contributed by atoms with van der Waals surface area (Å²) in [6.45, 7) is 10.4. The highest BCUT2D eigenvalue weighted by atomic mass is 32.1.